The summed E-state index contributed by atoms with van der Waals surface area (Å²) in [4.78, 5) is 34.6. The molecule has 13 heteroatoms. The second-order valence-electron chi connectivity index (χ2n) is 18.9. The summed E-state index contributed by atoms with van der Waals surface area (Å²) >= 11 is 0. The minimum Gasteiger partial charge on any atom is -0.468 e. The molecule has 1 amide bonds. The van der Waals surface area contributed by atoms with E-state index in [9.17, 15) is 4.79 Å². The molecule has 0 aliphatic carbocycles. The number of halogens is 2. The van der Waals surface area contributed by atoms with Crippen LogP contribution >= 0.6 is 0 Å². The van der Waals surface area contributed by atoms with Gasteiger partial charge in [-0.15, -0.1) is 5.54 Å². The molecule has 4 aromatic rings. The van der Waals surface area contributed by atoms with E-state index in [2.05, 4.69) is 62.8 Å². The average Bonchev–Trinajstić information content (AvgIpc) is 3.83. The van der Waals surface area contributed by atoms with Crippen molar-refractivity contribution in [2.45, 2.75) is 129 Å². The van der Waals surface area contributed by atoms with Gasteiger partial charge in [0.25, 0.3) is 0 Å². The van der Waals surface area contributed by atoms with Gasteiger partial charge in [0.15, 0.2) is 12.6 Å². The molecule has 3 fully saturated rings. The van der Waals surface area contributed by atoms with Gasteiger partial charge in [0.1, 0.15) is 42.3 Å². The molecule has 1 spiro atoms. The molecule has 2 aromatic heterocycles. The molecular weight excluding hydrogens is 779 g/mol. The number of fused-ring (bicyclic) bond motifs is 2. The summed E-state index contributed by atoms with van der Waals surface area (Å²) in [5.41, 5.74) is 4.36. The van der Waals surface area contributed by atoms with E-state index in [0.717, 1.165) is 51.6 Å². The fraction of sp³-hybridized carbons (Fsp3) is 0.574. The van der Waals surface area contributed by atoms with Crippen LogP contribution in [-0.4, -0.2) is 91.8 Å². The standard InChI is InChI=1S/C47H62F2N6O4Si/c1-30(2)60(31(3)4,32(5)6)24-17-35-38(48)16-15-33-25-34(58-29-57-10)26-36(39(33)35)41-40(49)42-37(27-50-41)43(53-20-12-11-13-21-53)52-44(51-42)54-23-19-47(28-54)18-14-22-55(47)45(56)59-46(7,8)9/h15-16,25-27,30-32H,11-14,18-23,28-29H2,1-10H3. The minimum absolute atomic E-state index is 0.0168. The largest absolute Gasteiger partial charge is 0.468 e. The first-order valence-electron chi connectivity index (χ1n) is 21.8. The maximum absolute atomic E-state index is 17.8. The number of pyridine rings is 1. The van der Waals surface area contributed by atoms with Crippen molar-refractivity contribution < 1.29 is 27.8 Å². The summed E-state index contributed by atoms with van der Waals surface area (Å²) in [5, 5.41) is 1.62. The quantitative estimate of drug-likeness (QED) is 0.0928. The van der Waals surface area contributed by atoms with Crippen LogP contribution < -0.4 is 14.5 Å². The van der Waals surface area contributed by atoms with Crippen molar-refractivity contribution >= 4 is 47.6 Å². The fourth-order valence-electron chi connectivity index (χ4n) is 10.2. The zero-order chi connectivity index (χ0) is 43.1. The van der Waals surface area contributed by atoms with Crippen LogP contribution in [0, 0.1) is 23.1 Å². The van der Waals surface area contributed by atoms with Gasteiger partial charge >= 0.3 is 6.09 Å². The monoisotopic (exact) mass is 840 g/mol. The summed E-state index contributed by atoms with van der Waals surface area (Å²) < 4.78 is 51.1. The molecular formula is C47H62F2N6O4Si. The van der Waals surface area contributed by atoms with Crippen LogP contribution in [0.15, 0.2) is 30.5 Å². The van der Waals surface area contributed by atoms with Gasteiger partial charge in [-0.25, -0.2) is 18.6 Å². The minimum atomic E-state index is -2.28. The van der Waals surface area contributed by atoms with Crippen LogP contribution in [0.25, 0.3) is 32.9 Å². The number of anilines is 2. The molecule has 7 rings (SSSR count). The predicted molar refractivity (Wildman–Crippen MR) is 238 cm³/mol. The van der Waals surface area contributed by atoms with Crippen LogP contribution in [0.1, 0.15) is 106 Å². The third-order valence-electron chi connectivity index (χ3n) is 13.0. The number of carbonyl (C=O) groups is 1. The van der Waals surface area contributed by atoms with Gasteiger partial charge in [0.2, 0.25) is 5.95 Å². The molecule has 5 heterocycles. The summed E-state index contributed by atoms with van der Waals surface area (Å²) in [7, 11) is -0.750. The van der Waals surface area contributed by atoms with Crippen molar-refractivity contribution in [1.29, 1.82) is 0 Å². The second kappa shape index (κ2) is 17.1. The van der Waals surface area contributed by atoms with Gasteiger partial charge in [0.05, 0.1) is 16.5 Å². The van der Waals surface area contributed by atoms with E-state index in [4.69, 9.17) is 29.2 Å². The number of carbonyl (C=O) groups excluding carboxylic acids is 1. The van der Waals surface area contributed by atoms with Gasteiger partial charge in [-0.2, -0.15) is 4.98 Å². The van der Waals surface area contributed by atoms with Crippen molar-refractivity contribution in [1.82, 2.24) is 19.9 Å². The molecule has 0 bridgehead atoms. The number of amides is 1. The van der Waals surface area contributed by atoms with E-state index in [0.29, 0.717) is 75.5 Å². The molecule has 0 radical (unpaired) electrons. The Morgan fingerprint density at radius 3 is 2.30 bits per heavy atom. The fourth-order valence-corrected chi connectivity index (χ4v) is 15.4. The summed E-state index contributed by atoms with van der Waals surface area (Å²) in [6.45, 7) is 22.2. The highest BCUT2D eigenvalue weighted by molar-refractivity contribution is 6.90. The Morgan fingerprint density at radius 2 is 1.63 bits per heavy atom. The second-order valence-corrected chi connectivity index (χ2v) is 24.5. The first-order chi connectivity index (χ1) is 28.5. The highest BCUT2D eigenvalue weighted by atomic mass is 28.3. The van der Waals surface area contributed by atoms with Gasteiger partial charge in [-0.05, 0) is 99.5 Å². The number of nitrogens with zero attached hydrogens (tertiary/aromatic N) is 6. The highest BCUT2D eigenvalue weighted by Crippen LogP contribution is 2.44. The number of piperidine rings is 1. The Hall–Kier alpha value is -4.54. The Balaban J connectivity index is 1.41. The Labute approximate surface area is 355 Å². The highest BCUT2D eigenvalue weighted by Gasteiger charge is 2.50. The molecule has 322 valence electrons. The van der Waals surface area contributed by atoms with Gasteiger partial charge < -0.3 is 28.9 Å². The van der Waals surface area contributed by atoms with E-state index < -0.39 is 30.8 Å². The molecule has 3 saturated heterocycles. The normalized spacial score (nSPS) is 18.8. The summed E-state index contributed by atoms with van der Waals surface area (Å²) in [6, 6.07) is 6.61. The van der Waals surface area contributed by atoms with Gasteiger partial charge in [0, 0.05) is 57.0 Å². The number of ether oxygens (including phenoxy) is 3. The van der Waals surface area contributed by atoms with E-state index >= 15 is 8.78 Å². The third kappa shape index (κ3) is 8.14. The number of aromatic nitrogens is 3. The molecule has 60 heavy (non-hydrogen) atoms. The van der Waals surface area contributed by atoms with Crippen molar-refractivity contribution in [2.24, 2.45) is 0 Å². The number of hydrogen-bond acceptors (Lipinski definition) is 9. The van der Waals surface area contributed by atoms with E-state index in [-0.39, 0.29) is 29.7 Å². The zero-order valence-corrected chi connectivity index (χ0v) is 38.2. The number of methoxy groups -OCH3 is 1. The van der Waals surface area contributed by atoms with Crippen LogP contribution in [0.4, 0.5) is 25.3 Å². The van der Waals surface area contributed by atoms with E-state index in [1.54, 1.807) is 24.4 Å². The molecule has 0 N–H and O–H groups in total. The summed E-state index contributed by atoms with van der Waals surface area (Å²) in [6.07, 6.45) is 6.88. The first-order valence-corrected chi connectivity index (χ1v) is 24.0. The first kappa shape index (κ1) is 43.5. The maximum Gasteiger partial charge on any atom is 0.410 e. The van der Waals surface area contributed by atoms with Crippen molar-refractivity contribution in [3.05, 3.63) is 47.7 Å². The molecule has 2 aromatic carbocycles. The lowest BCUT2D eigenvalue weighted by Crippen LogP contribution is -2.50. The van der Waals surface area contributed by atoms with Crippen LogP contribution in [0.2, 0.25) is 16.6 Å². The van der Waals surface area contributed by atoms with Gasteiger partial charge in [-0.1, -0.05) is 53.5 Å². The van der Waals surface area contributed by atoms with Crippen LogP contribution in [0.5, 0.6) is 5.75 Å². The number of hydrogen-bond donors (Lipinski definition) is 0. The smallest absolute Gasteiger partial charge is 0.410 e. The van der Waals surface area contributed by atoms with Crippen molar-refractivity contribution in [3.63, 3.8) is 0 Å². The summed E-state index contributed by atoms with van der Waals surface area (Å²) in [5.74, 6) is 3.72. The van der Waals surface area contributed by atoms with Crippen molar-refractivity contribution in [2.75, 3.05) is 56.4 Å². The third-order valence-corrected chi connectivity index (χ3v) is 19.3. The average molecular weight is 841 g/mol. The molecule has 10 nitrogen and oxygen atoms in total. The molecule has 3 aliphatic rings. The number of likely N-dealkylation sites (tertiary alicyclic amines) is 1. The molecule has 1 atom stereocenters. The van der Waals surface area contributed by atoms with Crippen molar-refractivity contribution in [3.8, 4) is 28.5 Å². The molecule has 1 unspecified atom stereocenters. The zero-order valence-electron chi connectivity index (χ0n) is 37.2. The predicted octanol–water partition coefficient (Wildman–Crippen LogP) is 10.6. The van der Waals surface area contributed by atoms with Crippen LogP contribution in [-0.2, 0) is 9.47 Å². The Bertz CT molecular complexity index is 2290. The lowest BCUT2D eigenvalue weighted by molar-refractivity contribution is 0.0111. The van der Waals surface area contributed by atoms with E-state index in [1.165, 1.54) is 13.2 Å². The lowest BCUT2D eigenvalue weighted by atomic mass is 9.95. The van der Waals surface area contributed by atoms with Crippen LogP contribution in [0.3, 0.4) is 0 Å². The molecule has 0 saturated carbocycles. The van der Waals surface area contributed by atoms with Gasteiger partial charge in [-0.3, -0.25) is 4.98 Å². The topological polar surface area (TPSA) is 93.2 Å². The lowest BCUT2D eigenvalue weighted by Gasteiger charge is -2.38. The van der Waals surface area contributed by atoms with E-state index in [1.807, 2.05) is 25.7 Å². The number of benzene rings is 2. The molecule has 3 aliphatic heterocycles. The number of rotatable bonds is 9. The maximum atomic E-state index is 17.8. The SMILES string of the molecule is COCOc1cc(-c2ncc3c(N4CCCCC4)nc(N4CCC5(CCCN5C(=O)OC(C)(C)C)C4)nc3c2F)c2c(C#C[Si](C(C)C)(C(C)C)C(C)C)c(F)ccc2c1. The Kier molecular flexibility index (Phi) is 12.4. The Morgan fingerprint density at radius 1 is 0.917 bits per heavy atom.